The van der Waals surface area contributed by atoms with E-state index in [0.717, 1.165) is 38.5 Å². The molecule has 1 aromatic rings. The monoisotopic (exact) mass is 354 g/mol. The number of rotatable bonds is 4. The van der Waals surface area contributed by atoms with Gasteiger partial charge < -0.3 is 19.9 Å². The van der Waals surface area contributed by atoms with Crippen LogP contribution in [0.15, 0.2) is 12.3 Å². The van der Waals surface area contributed by atoms with Crippen LogP contribution in [0.1, 0.15) is 48.9 Å². The third-order valence-electron chi connectivity index (χ3n) is 4.55. The number of aliphatic hydroxyl groups excluding tert-OH is 1. The lowest BCUT2D eigenvalue weighted by Crippen LogP contribution is -2.38. The topological polar surface area (TPSA) is 80.7 Å². The lowest BCUT2D eigenvalue weighted by Gasteiger charge is -2.26. The number of ether oxygens (including phenoxy) is 2. The fraction of sp³-hybridized carbons (Fsp3) is 0.647. The zero-order chi connectivity index (χ0) is 16.9. The Balaban J connectivity index is 1.58. The molecule has 2 heterocycles. The fourth-order valence-electron chi connectivity index (χ4n) is 3.08. The molecule has 1 saturated heterocycles. The molecule has 2 fully saturated rings. The minimum Gasteiger partial charge on any atom is -0.473 e. The smallest absolute Gasteiger partial charge is 0.253 e. The number of aliphatic hydroxyl groups is 1. The molecule has 1 aliphatic carbocycles. The molecule has 3 rings (SSSR count). The number of hydrogen-bond acceptors (Lipinski definition) is 5. The van der Waals surface area contributed by atoms with Gasteiger partial charge in [0.2, 0.25) is 5.88 Å². The number of hydrogen-bond donors (Lipinski definition) is 2. The third-order valence-corrected chi connectivity index (χ3v) is 4.82. The van der Waals surface area contributed by atoms with Crippen molar-refractivity contribution >= 4 is 17.5 Å². The number of amides is 1. The predicted molar refractivity (Wildman–Crippen MR) is 89.4 cm³/mol. The van der Waals surface area contributed by atoms with Crippen LogP contribution in [0.25, 0.3) is 0 Å². The van der Waals surface area contributed by atoms with E-state index in [1.807, 2.05) is 0 Å². The molecule has 132 valence electrons. The van der Waals surface area contributed by atoms with Crippen LogP contribution in [0.4, 0.5) is 0 Å². The Bertz CT molecular complexity index is 570. The maximum absolute atomic E-state index is 12.3. The van der Waals surface area contributed by atoms with Gasteiger partial charge in [-0.1, -0.05) is 11.6 Å². The van der Waals surface area contributed by atoms with E-state index in [0.29, 0.717) is 29.7 Å². The highest BCUT2D eigenvalue weighted by Gasteiger charge is 2.22. The number of nitrogens with one attached hydrogen (secondary N) is 1. The molecule has 24 heavy (non-hydrogen) atoms. The molecule has 2 aliphatic rings. The van der Waals surface area contributed by atoms with Gasteiger partial charge in [-0.2, -0.15) is 0 Å². The van der Waals surface area contributed by atoms with Crippen molar-refractivity contribution in [2.24, 2.45) is 0 Å². The summed E-state index contributed by atoms with van der Waals surface area (Å²) in [7, 11) is 0. The molecule has 2 N–H and O–H groups in total. The summed E-state index contributed by atoms with van der Waals surface area (Å²) in [5, 5.41) is 12.8. The number of carbonyl (C=O) groups excluding carboxylic acids is 1. The summed E-state index contributed by atoms with van der Waals surface area (Å²) >= 11 is 6.22. The van der Waals surface area contributed by atoms with E-state index in [2.05, 4.69) is 10.3 Å². The van der Waals surface area contributed by atoms with Crippen molar-refractivity contribution < 1.29 is 19.4 Å². The third kappa shape index (κ3) is 4.59. The van der Waals surface area contributed by atoms with Crippen LogP contribution in [0, 0.1) is 0 Å². The maximum Gasteiger partial charge on any atom is 0.253 e. The minimum absolute atomic E-state index is 0.0529. The normalized spacial score (nSPS) is 25.2. The maximum atomic E-state index is 12.3. The summed E-state index contributed by atoms with van der Waals surface area (Å²) < 4.78 is 11.1. The first-order chi connectivity index (χ1) is 11.6. The Morgan fingerprint density at radius 2 is 1.96 bits per heavy atom. The molecule has 0 bridgehead atoms. The summed E-state index contributed by atoms with van der Waals surface area (Å²) in [6.45, 7) is 1.36. The molecule has 1 saturated carbocycles. The van der Waals surface area contributed by atoms with Crippen LogP contribution >= 0.6 is 11.6 Å². The number of carbonyl (C=O) groups is 1. The summed E-state index contributed by atoms with van der Waals surface area (Å²) in [6.07, 6.45) is 5.96. The molecule has 7 heteroatoms. The van der Waals surface area contributed by atoms with E-state index in [1.54, 1.807) is 6.07 Å². The Labute approximate surface area is 146 Å². The van der Waals surface area contributed by atoms with Gasteiger partial charge in [0, 0.05) is 25.1 Å². The SMILES string of the molecule is O=C(NC1CCC(O)CC1)c1cnc(OC2CCOCC2)c(Cl)c1. The van der Waals surface area contributed by atoms with Gasteiger partial charge in [0.1, 0.15) is 11.1 Å². The van der Waals surface area contributed by atoms with Crippen molar-refractivity contribution in [3.63, 3.8) is 0 Å². The predicted octanol–water partition coefficient (Wildman–Crippen LogP) is 2.33. The van der Waals surface area contributed by atoms with Crippen LogP contribution < -0.4 is 10.1 Å². The van der Waals surface area contributed by atoms with Gasteiger partial charge in [0.15, 0.2) is 0 Å². The van der Waals surface area contributed by atoms with E-state index in [-0.39, 0.29) is 24.2 Å². The summed E-state index contributed by atoms with van der Waals surface area (Å²) in [5.74, 6) is 0.171. The number of pyridine rings is 1. The second kappa shape index (κ2) is 8.14. The highest BCUT2D eigenvalue weighted by molar-refractivity contribution is 6.32. The highest BCUT2D eigenvalue weighted by atomic mass is 35.5. The van der Waals surface area contributed by atoms with Crippen LogP contribution in [0.2, 0.25) is 5.02 Å². The molecule has 0 unspecified atom stereocenters. The first kappa shape index (κ1) is 17.5. The van der Waals surface area contributed by atoms with Crippen LogP contribution in [0.5, 0.6) is 5.88 Å². The number of halogens is 1. The van der Waals surface area contributed by atoms with Crippen molar-refractivity contribution in [3.8, 4) is 5.88 Å². The zero-order valence-electron chi connectivity index (χ0n) is 13.5. The van der Waals surface area contributed by atoms with Crippen molar-refractivity contribution in [1.82, 2.24) is 10.3 Å². The van der Waals surface area contributed by atoms with Crippen molar-refractivity contribution in [3.05, 3.63) is 22.8 Å². The second-order valence-corrected chi connectivity index (χ2v) is 6.83. The largest absolute Gasteiger partial charge is 0.473 e. The van der Waals surface area contributed by atoms with E-state index >= 15 is 0 Å². The Hall–Kier alpha value is -1.37. The molecule has 0 spiro atoms. The summed E-state index contributed by atoms with van der Waals surface area (Å²) in [6, 6.07) is 1.69. The van der Waals surface area contributed by atoms with Gasteiger partial charge in [-0.15, -0.1) is 0 Å². The van der Waals surface area contributed by atoms with Gasteiger partial charge in [-0.3, -0.25) is 4.79 Å². The molecule has 1 aromatic heterocycles. The van der Waals surface area contributed by atoms with Crippen molar-refractivity contribution in [2.45, 2.75) is 56.8 Å². The van der Waals surface area contributed by atoms with Crippen LogP contribution in [-0.2, 0) is 4.74 Å². The average molecular weight is 355 g/mol. The zero-order valence-corrected chi connectivity index (χ0v) is 14.3. The van der Waals surface area contributed by atoms with E-state index in [4.69, 9.17) is 21.1 Å². The van der Waals surface area contributed by atoms with Crippen molar-refractivity contribution in [1.29, 1.82) is 0 Å². The standard InChI is InChI=1S/C17H23ClN2O4/c18-15-9-11(16(22)20-12-1-3-13(21)4-2-12)10-19-17(15)24-14-5-7-23-8-6-14/h9-10,12-14,21H,1-8H2,(H,20,22). The van der Waals surface area contributed by atoms with Gasteiger partial charge in [0.25, 0.3) is 5.91 Å². The van der Waals surface area contributed by atoms with Crippen LogP contribution in [0.3, 0.4) is 0 Å². The molecule has 6 nitrogen and oxygen atoms in total. The lowest BCUT2D eigenvalue weighted by molar-refractivity contribution is 0.0238. The molecule has 1 aliphatic heterocycles. The first-order valence-corrected chi connectivity index (χ1v) is 8.88. The Morgan fingerprint density at radius 3 is 2.62 bits per heavy atom. The number of nitrogens with zero attached hydrogens (tertiary/aromatic N) is 1. The van der Waals surface area contributed by atoms with Crippen LogP contribution in [-0.4, -0.2) is 47.5 Å². The van der Waals surface area contributed by atoms with E-state index < -0.39 is 0 Å². The van der Waals surface area contributed by atoms with E-state index in [9.17, 15) is 9.90 Å². The highest BCUT2D eigenvalue weighted by Crippen LogP contribution is 2.26. The van der Waals surface area contributed by atoms with Gasteiger partial charge >= 0.3 is 0 Å². The van der Waals surface area contributed by atoms with Gasteiger partial charge in [-0.05, 0) is 31.7 Å². The quantitative estimate of drug-likeness (QED) is 0.867. The molecular weight excluding hydrogens is 332 g/mol. The molecule has 0 aromatic carbocycles. The molecular formula is C17H23ClN2O4. The van der Waals surface area contributed by atoms with Gasteiger partial charge in [-0.25, -0.2) is 4.98 Å². The summed E-state index contributed by atoms with van der Waals surface area (Å²) in [4.78, 5) is 16.5. The average Bonchev–Trinajstić information content (AvgIpc) is 2.59. The Morgan fingerprint density at radius 1 is 1.25 bits per heavy atom. The second-order valence-electron chi connectivity index (χ2n) is 6.42. The van der Waals surface area contributed by atoms with E-state index in [1.165, 1.54) is 6.20 Å². The lowest BCUT2D eigenvalue weighted by atomic mass is 9.93. The summed E-state index contributed by atoms with van der Waals surface area (Å²) in [5.41, 5.74) is 0.422. The fourth-order valence-corrected chi connectivity index (χ4v) is 3.29. The number of aromatic nitrogens is 1. The molecule has 1 amide bonds. The van der Waals surface area contributed by atoms with Gasteiger partial charge in [0.05, 0.1) is 24.9 Å². The van der Waals surface area contributed by atoms with Crippen molar-refractivity contribution in [2.75, 3.05) is 13.2 Å². The molecule has 0 atom stereocenters. The first-order valence-electron chi connectivity index (χ1n) is 8.50. The molecule has 0 radical (unpaired) electrons. The minimum atomic E-state index is -0.240. The Kier molecular flexibility index (Phi) is 5.92.